The molecule has 0 radical (unpaired) electrons. The highest BCUT2D eigenvalue weighted by Crippen LogP contribution is 2.59. The molecule has 2 aromatic rings. The van der Waals surface area contributed by atoms with Crippen LogP contribution >= 0.6 is 0 Å². The van der Waals surface area contributed by atoms with E-state index in [-0.39, 0.29) is 41.5 Å². The van der Waals surface area contributed by atoms with Gasteiger partial charge in [0, 0.05) is 11.5 Å². The zero-order valence-electron chi connectivity index (χ0n) is 18.7. The second kappa shape index (κ2) is 8.10. The molecule has 1 unspecified atom stereocenters. The molecule has 13 heteroatoms. The fourth-order valence-electron chi connectivity index (χ4n) is 5.54. The zero-order valence-corrected chi connectivity index (χ0v) is 20.4. The van der Waals surface area contributed by atoms with E-state index in [4.69, 9.17) is 0 Å². The van der Waals surface area contributed by atoms with E-state index in [1.807, 2.05) is 0 Å². The fourth-order valence-corrected chi connectivity index (χ4v) is 8.93. The van der Waals surface area contributed by atoms with Crippen molar-refractivity contribution < 1.29 is 44.6 Å². The Bertz CT molecular complexity index is 1440. The van der Waals surface area contributed by atoms with Crippen LogP contribution in [-0.4, -0.2) is 51.8 Å². The molecule has 8 nitrogen and oxygen atoms in total. The van der Waals surface area contributed by atoms with Gasteiger partial charge in [-0.05, 0) is 67.5 Å². The highest BCUT2D eigenvalue weighted by Gasteiger charge is 2.60. The molecule has 2 heterocycles. The summed E-state index contributed by atoms with van der Waals surface area (Å²) >= 11 is 0. The van der Waals surface area contributed by atoms with Crippen molar-refractivity contribution in [2.45, 2.75) is 48.4 Å². The molecule has 2 aromatic carbocycles. The number of sulfonamides is 1. The summed E-state index contributed by atoms with van der Waals surface area (Å²) in [6.07, 6.45) is -3.37. The number of halogens is 3. The van der Waals surface area contributed by atoms with Gasteiger partial charge in [0.05, 0.1) is 33.7 Å². The van der Waals surface area contributed by atoms with Crippen LogP contribution in [0.5, 0.6) is 5.75 Å². The number of hydrogen-bond donors (Lipinski definition) is 1. The van der Waals surface area contributed by atoms with E-state index in [2.05, 4.69) is 4.74 Å². The van der Waals surface area contributed by atoms with Crippen molar-refractivity contribution in [2.75, 3.05) is 15.8 Å². The van der Waals surface area contributed by atoms with Crippen molar-refractivity contribution in [3.8, 4) is 5.75 Å². The van der Waals surface area contributed by atoms with Gasteiger partial charge in [-0.2, -0.15) is 0 Å². The smallest absolute Gasteiger partial charge is 0.478 e. The maximum Gasteiger partial charge on any atom is 0.573 e. The molecule has 5 rings (SSSR count). The standard InChI is InChI=1S/C23H22F3NO7S2/c24-23(25,26)34-16-2-1-3-17(13-16)36(32,33)27-19-7-6-15(21(28)29)12-18(19)22(20(27)14-4-5-14)8-10-35(30,31)11-9-22/h1-3,6-7,12-14,20H,4-5,8-11H2,(H,28,29). The number of fused-ring (bicyclic) bond motifs is 2. The molecule has 0 aromatic heterocycles. The van der Waals surface area contributed by atoms with Crippen molar-refractivity contribution in [2.24, 2.45) is 5.92 Å². The lowest BCUT2D eigenvalue weighted by Gasteiger charge is -2.41. The van der Waals surface area contributed by atoms with Crippen molar-refractivity contribution in [3.05, 3.63) is 53.6 Å². The van der Waals surface area contributed by atoms with Crippen LogP contribution in [0.4, 0.5) is 18.9 Å². The van der Waals surface area contributed by atoms with E-state index in [1.165, 1.54) is 28.6 Å². The molecule has 0 amide bonds. The maximum absolute atomic E-state index is 14.0. The molecular weight excluding hydrogens is 523 g/mol. The first-order valence-corrected chi connectivity index (χ1v) is 14.5. The van der Waals surface area contributed by atoms with Gasteiger partial charge in [-0.15, -0.1) is 13.2 Å². The third kappa shape index (κ3) is 4.21. The number of anilines is 1. The number of aromatic carboxylic acids is 1. The summed E-state index contributed by atoms with van der Waals surface area (Å²) in [5.41, 5.74) is -0.324. The molecular formula is C23H22F3NO7S2. The van der Waals surface area contributed by atoms with E-state index in [9.17, 15) is 39.9 Å². The minimum absolute atomic E-state index is 0.0593. The van der Waals surface area contributed by atoms with Crippen molar-refractivity contribution in [3.63, 3.8) is 0 Å². The van der Waals surface area contributed by atoms with Crippen LogP contribution in [0.1, 0.15) is 41.6 Å². The number of sulfone groups is 1. The maximum atomic E-state index is 14.0. The van der Waals surface area contributed by atoms with Crippen LogP contribution in [-0.2, 0) is 25.3 Å². The minimum Gasteiger partial charge on any atom is -0.478 e. The Labute approximate surface area is 205 Å². The number of alkyl halides is 3. The van der Waals surface area contributed by atoms with Crippen LogP contribution in [0.3, 0.4) is 0 Å². The number of carboxylic acids is 1. The van der Waals surface area contributed by atoms with Crippen LogP contribution in [0.15, 0.2) is 47.4 Å². The normalized spacial score (nSPS) is 22.9. The van der Waals surface area contributed by atoms with Gasteiger partial charge in [-0.3, -0.25) is 4.31 Å². The average Bonchev–Trinajstić information content (AvgIpc) is 3.58. The third-order valence-electron chi connectivity index (χ3n) is 7.22. The molecule has 1 aliphatic carbocycles. The Kier molecular flexibility index (Phi) is 5.60. The number of nitrogens with zero attached hydrogens (tertiary/aromatic N) is 1. The first-order valence-electron chi connectivity index (χ1n) is 11.2. The summed E-state index contributed by atoms with van der Waals surface area (Å²) in [6, 6.07) is 7.49. The van der Waals surface area contributed by atoms with Gasteiger partial charge < -0.3 is 9.84 Å². The molecule has 0 bridgehead atoms. The van der Waals surface area contributed by atoms with Gasteiger partial charge in [0.25, 0.3) is 10.0 Å². The predicted octanol–water partition coefficient (Wildman–Crippen LogP) is 3.72. The van der Waals surface area contributed by atoms with Gasteiger partial charge in [-0.25, -0.2) is 21.6 Å². The lowest BCUT2D eigenvalue weighted by atomic mass is 9.70. The summed E-state index contributed by atoms with van der Waals surface area (Å²) < 4.78 is 95.9. The van der Waals surface area contributed by atoms with Gasteiger partial charge in [0.1, 0.15) is 15.6 Å². The summed E-state index contributed by atoms with van der Waals surface area (Å²) in [4.78, 5) is 11.3. The number of carboxylic acid groups (broad SMARTS) is 1. The van der Waals surface area contributed by atoms with Gasteiger partial charge in [0.2, 0.25) is 0 Å². The second-order valence-electron chi connectivity index (χ2n) is 9.45. The molecule has 1 N–H and O–H groups in total. The van der Waals surface area contributed by atoms with Crippen molar-refractivity contribution >= 4 is 31.5 Å². The van der Waals surface area contributed by atoms with E-state index in [1.54, 1.807) is 0 Å². The number of ether oxygens (including phenoxy) is 1. The molecule has 2 fully saturated rings. The van der Waals surface area contributed by atoms with Crippen molar-refractivity contribution in [1.82, 2.24) is 0 Å². The third-order valence-corrected chi connectivity index (χ3v) is 10.7. The molecule has 36 heavy (non-hydrogen) atoms. The number of hydrogen-bond acceptors (Lipinski definition) is 6. The van der Waals surface area contributed by atoms with Crippen LogP contribution < -0.4 is 9.04 Å². The first kappa shape index (κ1) is 24.9. The Balaban J connectivity index is 1.68. The Hall–Kier alpha value is -2.80. The van der Waals surface area contributed by atoms with E-state index >= 15 is 0 Å². The highest BCUT2D eigenvalue weighted by molar-refractivity contribution is 7.93. The van der Waals surface area contributed by atoms with Crippen LogP contribution in [0, 0.1) is 5.92 Å². The predicted molar refractivity (Wildman–Crippen MR) is 122 cm³/mol. The van der Waals surface area contributed by atoms with Gasteiger partial charge in [0.15, 0.2) is 0 Å². The summed E-state index contributed by atoms with van der Waals surface area (Å²) in [6.45, 7) is 0. The Morgan fingerprint density at radius 3 is 2.33 bits per heavy atom. The van der Waals surface area contributed by atoms with Gasteiger partial charge >= 0.3 is 12.3 Å². The van der Waals surface area contributed by atoms with E-state index in [0.29, 0.717) is 18.4 Å². The molecule has 1 spiro atoms. The first-order chi connectivity index (χ1) is 16.7. The summed E-state index contributed by atoms with van der Waals surface area (Å²) in [7, 11) is -7.77. The Morgan fingerprint density at radius 1 is 1.08 bits per heavy atom. The summed E-state index contributed by atoms with van der Waals surface area (Å²) in [5, 5.41) is 9.57. The van der Waals surface area contributed by atoms with Crippen LogP contribution in [0.2, 0.25) is 0 Å². The quantitative estimate of drug-likeness (QED) is 0.609. The second-order valence-corrected chi connectivity index (χ2v) is 13.6. The lowest BCUT2D eigenvalue weighted by molar-refractivity contribution is -0.274. The SMILES string of the molecule is O=C(O)c1ccc2c(c1)C1(CCS(=O)(=O)CC1)C(C1CC1)N2S(=O)(=O)c1cccc(OC(F)(F)F)c1. The molecule has 3 aliphatic rings. The Morgan fingerprint density at radius 2 is 1.75 bits per heavy atom. The number of carbonyl (C=O) groups is 1. The monoisotopic (exact) mass is 545 g/mol. The van der Waals surface area contributed by atoms with E-state index < -0.39 is 54.3 Å². The lowest BCUT2D eigenvalue weighted by Crippen LogP contribution is -2.52. The molecule has 1 saturated heterocycles. The number of rotatable bonds is 5. The van der Waals surface area contributed by atoms with E-state index in [0.717, 1.165) is 18.2 Å². The molecule has 194 valence electrons. The molecule has 1 atom stereocenters. The molecule has 2 aliphatic heterocycles. The fraction of sp³-hybridized carbons (Fsp3) is 0.435. The van der Waals surface area contributed by atoms with Gasteiger partial charge in [-0.1, -0.05) is 6.07 Å². The molecule has 1 saturated carbocycles. The van der Waals surface area contributed by atoms with Crippen molar-refractivity contribution in [1.29, 1.82) is 0 Å². The average molecular weight is 546 g/mol. The van der Waals surface area contributed by atoms with Crippen LogP contribution in [0.25, 0.3) is 0 Å². The minimum atomic E-state index is -5.01. The largest absolute Gasteiger partial charge is 0.573 e. The number of benzene rings is 2. The topological polar surface area (TPSA) is 118 Å². The summed E-state index contributed by atoms with van der Waals surface area (Å²) in [5.74, 6) is -2.34. The highest BCUT2D eigenvalue weighted by atomic mass is 32.2. The zero-order chi connectivity index (χ0) is 26.1.